The van der Waals surface area contributed by atoms with Gasteiger partial charge in [0.1, 0.15) is 5.75 Å². The van der Waals surface area contributed by atoms with E-state index in [4.69, 9.17) is 0 Å². The molecule has 0 unspecified atom stereocenters. The Bertz CT molecular complexity index is 526. The van der Waals surface area contributed by atoms with E-state index in [9.17, 15) is 13.2 Å². The molecular weight excluding hydrogens is 255 g/mol. The van der Waals surface area contributed by atoms with E-state index in [0.29, 0.717) is 12.1 Å². The van der Waals surface area contributed by atoms with Crippen LogP contribution in [0, 0.1) is 6.07 Å². The molecule has 0 aromatic heterocycles. The van der Waals surface area contributed by atoms with Crippen molar-refractivity contribution in [1.82, 2.24) is 0 Å². The minimum absolute atomic E-state index is 0.215. The molecule has 5 heteroatoms. The molecule has 0 aliphatic heterocycles. The molecule has 0 spiro atoms. The Morgan fingerprint density at radius 2 is 1.84 bits per heavy atom. The summed E-state index contributed by atoms with van der Waals surface area (Å²) in [6.07, 6.45) is -4.67. The van der Waals surface area contributed by atoms with Crippen LogP contribution in [-0.2, 0) is 6.54 Å². The zero-order valence-corrected chi connectivity index (χ0v) is 9.87. The SMILES string of the molecule is FC(F)(F)Oc1cccc(CNc2cc[c]cc2)c1. The zero-order chi connectivity index (χ0) is 13.7. The summed E-state index contributed by atoms with van der Waals surface area (Å²) in [7, 11) is 0. The van der Waals surface area contributed by atoms with Crippen LogP contribution in [-0.4, -0.2) is 6.36 Å². The molecule has 19 heavy (non-hydrogen) atoms. The van der Waals surface area contributed by atoms with Crippen LogP contribution in [0.5, 0.6) is 5.75 Å². The van der Waals surface area contributed by atoms with Crippen molar-refractivity contribution in [3.63, 3.8) is 0 Å². The molecule has 0 amide bonds. The number of benzene rings is 2. The summed E-state index contributed by atoms with van der Waals surface area (Å²) < 4.78 is 40.1. The van der Waals surface area contributed by atoms with Crippen LogP contribution in [0.4, 0.5) is 18.9 Å². The third-order valence-corrected chi connectivity index (χ3v) is 2.35. The number of ether oxygens (including phenoxy) is 1. The molecule has 2 rings (SSSR count). The quantitative estimate of drug-likeness (QED) is 0.903. The van der Waals surface area contributed by atoms with Crippen LogP contribution in [0.2, 0.25) is 0 Å². The standard InChI is InChI=1S/C14H11F3NO/c15-14(16,17)19-13-8-4-5-11(9-13)10-18-12-6-2-1-3-7-12/h2-9,18H,10H2. The molecule has 99 valence electrons. The predicted molar refractivity (Wildman–Crippen MR) is 65.7 cm³/mol. The lowest BCUT2D eigenvalue weighted by Gasteiger charge is -2.11. The number of hydrogen-bond acceptors (Lipinski definition) is 2. The van der Waals surface area contributed by atoms with Gasteiger partial charge < -0.3 is 10.1 Å². The van der Waals surface area contributed by atoms with E-state index in [2.05, 4.69) is 16.1 Å². The Morgan fingerprint density at radius 1 is 1.11 bits per heavy atom. The molecule has 2 nitrogen and oxygen atoms in total. The van der Waals surface area contributed by atoms with Crippen molar-refractivity contribution in [2.45, 2.75) is 12.9 Å². The van der Waals surface area contributed by atoms with Crippen LogP contribution in [0.1, 0.15) is 5.56 Å². The number of nitrogens with one attached hydrogen (secondary N) is 1. The van der Waals surface area contributed by atoms with Crippen molar-refractivity contribution in [3.05, 3.63) is 60.2 Å². The molecule has 0 aliphatic carbocycles. The molecule has 0 atom stereocenters. The normalized spacial score (nSPS) is 11.1. The Hall–Kier alpha value is -2.17. The van der Waals surface area contributed by atoms with Gasteiger partial charge in [-0.25, -0.2) is 0 Å². The lowest BCUT2D eigenvalue weighted by atomic mass is 10.2. The molecule has 2 aromatic rings. The van der Waals surface area contributed by atoms with E-state index >= 15 is 0 Å². The molecule has 0 bridgehead atoms. The van der Waals surface area contributed by atoms with E-state index < -0.39 is 6.36 Å². The fraction of sp³-hybridized carbons (Fsp3) is 0.143. The first-order chi connectivity index (χ1) is 9.03. The van der Waals surface area contributed by atoms with Crippen LogP contribution in [0.3, 0.4) is 0 Å². The van der Waals surface area contributed by atoms with Crippen molar-refractivity contribution < 1.29 is 17.9 Å². The summed E-state index contributed by atoms with van der Waals surface area (Å²) in [4.78, 5) is 0. The highest BCUT2D eigenvalue weighted by Crippen LogP contribution is 2.23. The van der Waals surface area contributed by atoms with Crippen molar-refractivity contribution in [1.29, 1.82) is 0 Å². The van der Waals surface area contributed by atoms with Gasteiger partial charge in [0.05, 0.1) is 0 Å². The molecule has 0 saturated carbocycles. The van der Waals surface area contributed by atoms with Crippen molar-refractivity contribution >= 4 is 5.69 Å². The smallest absolute Gasteiger partial charge is 0.406 e. The molecule has 0 heterocycles. The van der Waals surface area contributed by atoms with Crippen LogP contribution in [0.25, 0.3) is 0 Å². The second-order valence-corrected chi connectivity index (χ2v) is 3.84. The summed E-state index contributed by atoms with van der Waals surface area (Å²) in [6.45, 7) is 0.416. The monoisotopic (exact) mass is 266 g/mol. The summed E-state index contributed by atoms with van der Waals surface area (Å²) in [5.74, 6) is -0.215. The van der Waals surface area contributed by atoms with Crippen molar-refractivity contribution in [2.75, 3.05) is 5.32 Å². The highest BCUT2D eigenvalue weighted by Gasteiger charge is 2.31. The Morgan fingerprint density at radius 3 is 2.53 bits per heavy atom. The first kappa shape index (κ1) is 13.3. The fourth-order valence-corrected chi connectivity index (χ4v) is 1.56. The summed E-state index contributed by atoms with van der Waals surface area (Å²) >= 11 is 0. The third-order valence-electron chi connectivity index (χ3n) is 2.35. The van der Waals surface area contributed by atoms with Gasteiger partial charge in [0.25, 0.3) is 0 Å². The topological polar surface area (TPSA) is 21.3 Å². The van der Waals surface area contributed by atoms with Gasteiger partial charge >= 0.3 is 6.36 Å². The van der Waals surface area contributed by atoms with Gasteiger partial charge in [-0.05, 0) is 35.9 Å². The molecule has 2 aromatic carbocycles. The molecular formula is C14H11F3NO. The van der Waals surface area contributed by atoms with E-state index in [1.165, 1.54) is 18.2 Å². The molecule has 0 fully saturated rings. The van der Waals surface area contributed by atoms with Crippen LogP contribution < -0.4 is 10.1 Å². The van der Waals surface area contributed by atoms with Crippen molar-refractivity contribution in [3.8, 4) is 5.75 Å². The zero-order valence-electron chi connectivity index (χ0n) is 9.87. The maximum absolute atomic E-state index is 12.1. The first-order valence-corrected chi connectivity index (χ1v) is 5.58. The Balaban J connectivity index is 1.99. The average Bonchev–Trinajstić information content (AvgIpc) is 2.36. The second kappa shape index (κ2) is 5.65. The second-order valence-electron chi connectivity index (χ2n) is 3.84. The third kappa shape index (κ3) is 4.54. The number of rotatable bonds is 4. The number of hydrogen-bond donors (Lipinski definition) is 1. The molecule has 0 aliphatic rings. The molecule has 1 N–H and O–H groups in total. The number of alkyl halides is 3. The van der Waals surface area contributed by atoms with E-state index in [1.807, 2.05) is 12.1 Å². The number of anilines is 1. The average molecular weight is 266 g/mol. The van der Waals surface area contributed by atoms with Gasteiger partial charge in [-0.2, -0.15) is 0 Å². The van der Waals surface area contributed by atoms with E-state index in [-0.39, 0.29) is 5.75 Å². The minimum Gasteiger partial charge on any atom is -0.406 e. The van der Waals surface area contributed by atoms with Gasteiger partial charge in [-0.15, -0.1) is 13.2 Å². The van der Waals surface area contributed by atoms with Gasteiger partial charge in [0.15, 0.2) is 0 Å². The minimum atomic E-state index is -4.67. The van der Waals surface area contributed by atoms with Crippen LogP contribution in [0.15, 0.2) is 48.5 Å². The van der Waals surface area contributed by atoms with Gasteiger partial charge in [-0.1, -0.05) is 24.3 Å². The summed E-state index contributed by atoms with van der Waals surface area (Å²) in [5.41, 5.74) is 1.58. The maximum atomic E-state index is 12.1. The van der Waals surface area contributed by atoms with Gasteiger partial charge in [0, 0.05) is 12.2 Å². The fourth-order valence-electron chi connectivity index (χ4n) is 1.56. The van der Waals surface area contributed by atoms with Crippen LogP contribution >= 0.6 is 0 Å². The van der Waals surface area contributed by atoms with E-state index in [0.717, 1.165) is 5.69 Å². The summed E-state index contributed by atoms with van der Waals surface area (Å²) in [6, 6.07) is 15.9. The first-order valence-electron chi connectivity index (χ1n) is 5.58. The van der Waals surface area contributed by atoms with E-state index in [1.54, 1.807) is 18.2 Å². The lowest BCUT2D eigenvalue weighted by Crippen LogP contribution is -2.17. The largest absolute Gasteiger partial charge is 0.573 e. The van der Waals surface area contributed by atoms with Gasteiger partial charge in [-0.3, -0.25) is 0 Å². The lowest BCUT2D eigenvalue weighted by molar-refractivity contribution is -0.274. The predicted octanol–water partition coefficient (Wildman–Crippen LogP) is 4.00. The number of halogens is 3. The highest BCUT2D eigenvalue weighted by atomic mass is 19.4. The van der Waals surface area contributed by atoms with Crippen molar-refractivity contribution in [2.24, 2.45) is 0 Å². The van der Waals surface area contributed by atoms with Gasteiger partial charge in [0.2, 0.25) is 0 Å². The Kier molecular flexibility index (Phi) is 3.94. The molecule has 1 radical (unpaired) electrons. The Labute approximate surface area is 108 Å². The molecule has 0 saturated heterocycles. The highest BCUT2D eigenvalue weighted by molar-refractivity contribution is 5.43. The summed E-state index contributed by atoms with van der Waals surface area (Å²) in [5, 5.41) is 3.09. The maximum Gasteiger partial charge on any atom is 0.573 e.